The topological polar surface area (TPSA) is 104 Å². The zero-order valence-corrected chi connectivity index (χ0v) is 35.2. The first-order chi connectivity index (χ1) is 29.3. The summed E-state index contributed by atoms with van der Waals surface area (Å²) in [6.07, 6.45) is 8.86. The van der Waals surface area contributed by atoms with Gasteiger partial charge in [-0.15, -0.1) is 0 Å². The molecule has 4 heterocycles. The van der Waals surface area contributed by atoms with Gasteiger partial charge in [-0.2, -0.15) is 0 Å². The van der Waals surface area contributed by atoms with Crippen molar-refractivity contribution in [2.75, 3.05) is 33.7 Å². The van der Waals surface area contributed by atoms with Crippen LogP contribution in [0.4, 0.5) is 0 Å². The number of H-pyrrole nitrogens is 2. The standard InChI is InChI=1S/C50H56N8O2/c1-5-55(3)45(37-14-9-7-10-15-37)49(59)57-29-13-18-43(57)47-51-31-41(53-47)35-23-19-33(20-24-35)34-21-25-36(26-22-34)42-32-52-48(54-42)44-39-27-28-40(30-39)58(44)50(60)46(56(4)6-2)38-16-11-8-12-17-38/h7-12,14-17,19-26,31-32,39-40,43-46H,5-6,13,18,27-30H2,1-4H3,(H,51,53)(H,52,54)/t39-,40-,43-,44+,45-,46+/m0/s1. The van der Waals surface area contributed by atoms with E-state index >= 15 is 0 Å². The highest BCUT2D eigenvalue weighted by Crippen LogP contribution is 2.51. The molecular formula is C50H56N8O2. The minimum atomic E-state index is -0.327. The van der Waals surface area contributed by atoms with Gasteiger partial charge < -0.3 is 19.8 Å². The first-order valence-corrected chi connectivity index (χ1v) is 21.8. The number of imidazole rings is 2. The van der Waals surface area contributed by atoms with Gasteiger partial charge in [-0.05, 0) is 98.6 Å². The molecule has 2 aliphatic heterocycles. The van der Waals surface area contributed by atoms with E-state index in [9.17, 15) is 9.59 Å². The number of carbonyl (C=O) groups excluding carboxylic acids is 2. The van der Waals surface area contributed by atoms with Crippen LogP contribution in [-0.2, 0) is 9.59 Å². The Balaban J connectivity index is 0.881. The summed E-state index contributed by atoms with van der Waals surface area (Å²) in [7, 11) is 4.06. The van der Waals surface area contributed by atoms with Crippen LogP contribution in [-0.4, -0.2) is 91.1 Å². The molecule has 4 aromatic carbocycles. The van der Waals surface area contributed by atoms with Gasteiger partial charge in [-0.25, -0.2) is 9.97 Å². The number of amides is 2. The van der Waals surface area contributed by atoms with Crippen LogP contribution in [0.2, 0.25) is 0 Å². The number of likely N-dealkylation sites (tertiary alicyclic amines) is 2. The quantitative estimate of drug-likeness (QED) is 0.121. The van der Waals surface area contributed by atoms with E-state index in [1.54, 1.807) is 0 Å². The summed E-state index contributed by atoms with van der Waals surface area (Å²) in [6, 6.07) is 36.9. The first kappa shape index (κ1) is 39.6. The second-order valence-corrected chi connectivity index (χ2v) is 16.9. The zero-order chi connectivity index (χ0) is 41.3. The highest BCUT2D eigenvalue weighted by molar-refractivity contribution is 5.85. The Morgan fingerprint density at radius 3 is 1.70 bits per heavy atom. The number of piperidine rings is 1. The Morgan fingerprint density at radius 2 is 1.15 bits per heavy atom. The number of fused-ring (bicyclic) bond motifs is 2. The molecule has 0 unspecified atom stereocenters. The van der Waals surface area contributed by atoms with Crippen molar-refractivity contribution in [1.29, 1.82) is 0 Å². The van der Waals surface area contributed by atoms with E-state index < -0.39 is 0 Å². The summed E-state index contributed by atoms with van der Waals surface area (Å²) >= 11 is 0. The third kappa shape index (κ3) is 7.47. The number of benzene rings is 4. The van der Waals surface area contributed by atoms with Crippen LogP contribution in [0.25, 0.3) is 33.6 Å². The van der Waals surface area contributed by atoms with Crippen LogP contribution in [0, 0.1) is 5.92 Å². The van der Waals surface area contributed by atoms with Crippen molar-refractivity contribution in [3.05, 3.63) is 144 Å². The van der Waals surface area contributed by atoms with Gasteiger partial charge in [0.25, 0.3) is 0 Å². The molecule has 6 aromatic rings. The Bertz CT molecular complexity index is 2390. The van der Waals surface area contributed by atoms with E-state index in [0.717, 1.165) is 108 Å². The normalized spacial score (nSPS) is 21.0. The molecule has 2 bridgehead atoms. The predicted octanol–water partition coefficient (Wildman–Crippen LogP) is 9.24. The fourth-order valence-electron chi connectivity index (χ4n) is 10.0. The van der Waals surface area contributed by atoms with E-state index in [0.29, 0.717) is 5.92 Å². The Labute approximate surface area is 353 Å². The molecule has 3 fully saturated rings. The Hall–Kier alpha value is -5.84. The highest BCUT2D eigenvalue weighted by atomic mass is 16.2. The van der Waals surface area contributed by atoms with Crippen LogP contribution in [0.5, 0.6) is 0 Å². The van der Waals surface area contributed by atoms with Gasteiger partial charge in [0.05, 0.1) is 35.9 Å². The minimum Gasteiger partial charge on any atom is -0.340 e. The summed E-state index contributed by atoms with van der Waals surface area (Å²) in [5.41, 5.74) is 8.30. The molecule has 3 aliphatic rings. The number of nitrogens with zero attached hydrogens (tertiary/aromatic N) is 6. The van der Waals surface area contributed by atoms with Crippen molar-refractivity contribution in [3.63, 3.8) is 0 Å². The number of hydrogen-bond donors (Lipinski definition) is 2. The number of carbonyl (C=O) groups is 2. The number of aromatic amines is 2. The average Bonchev–Trinajstić information content (AvgIpc) is 4.16. The van der Waals surface area contributed by atoms with Crippen molar-refractivity contribution < 1.29 is 9.59 Å². The van der Waals surface area contributed by atoms with Crippen LogP contribution in [0.15, 0.2) is 122 Å². The molecule has 308 valence electrons. The second kappa shape index (κ2) is 17.0. The van der Waals surface area contributed by atoms with E-state index in [1.807, 2.05) is 79.9 Å². The lowest BCUT2D eigenvalue weighted by atomic mass is 9.96. The lowest BCUT2D eigenvalue weighted by Gasteiger charge is -2.39. The first-order valence-electron chi connectivity index (χ1n) is 21.8. The van der Waals surface area contributed by atoms with Crippen LogP contribution < -0.4 is 0 Å². The molecule has 6 atom stereocenters. The third-order valence-corrected chi connectivity index (χ3v) is 13.5. The SMILES string of the molecule is CCN(C)[C@H](C(=O)N1CCC[C@H]1c1ncc(-c2ccc(-c3ccc(-c4cnc([C@H]5[C@H]6CC[C@@H](C6)N5C(=O)[C@@H](c5ccccc5)N(C)CC)[nH]4)cc3)cc2)[nH]1)c1ccccc1. The Morgan fingerprint density at radius 1 is 0.650 bits per heavy atom. The molecule has 0 spiro atoms. The molecule has 10 nitrogen and oxygen atoms in total. The number of aromatic nitrogens is 4. The molecule has 0 radical (unpaired) electrons. The Kier molecular flexibility index (Phi) is 11.2. The summed E-state index contributed by atoms with van der Waals surface area (Å²) in [5.74, 6) is 2.42. The van der Waals surface area contributed by atoms with E-state index in [1.165, 1.54) is 0 Å². The van der Waals surface area contributed by atoms with Crippen LogP contribution in [0.1, 0.15) is 92.9 Å². The largest absolute Gasteiger partial charge is 0.340 e. The van der Waals surface area contributed by atoms with Crippen LogP contribution in [0.3, 0.4) is 0 Å². The van der Waals surface area contributed by atoms with E-state index in [4.69, 9.17) is 9.97 Å². The number of hydrogen-bond acceptors (Lipinski definition) is 6. The smallest absolute Gasteiger partial charge is 0.245 e. The van der Waals surface area contributed by atoms with Gasteiger partial charge >= 0.3 is 0 Å². The molecule has 1 aliphatic carbocycles. The van der Waals surface area contributed by atoms with Gasteiger partial charge in [0.15, 0.2) is 0 Å². The van der Waals surface area contributed by atoms with E-state index in [-0.39, 0.29) is 42.0 Å². The van der Waals surface area contributed by atoms with Crippen molar-refractivity contribution in [1.82, 2.24) is 39.5 Å². The monoisotopic (exact) mass is 800 g/mol. The number of rotatable bonds is 13. The minimum absolute atomic E-state index is 0.0513. The van der Waals surface area contributed by atoms with Gasteiger partial charge in [-0.1, -0.05) is 123 Å². The van der Waals surface area contributed by atoms with Crippen molar-refractivity contribution in [2.24, 2.45) is 5.92 Å². The molecule has 2 amide bonds. The molecule has 9 rings (SSSR count). The maximum absolute atomic E-state index is 14.5. The third-order valence-electron chi connectivity index (χ3n) is 13.5. The molecule has 1 saturated carbocycles. The lowest BCUT2D eigenvalue weighted by Crippen LogP contribution is -2.46. The average molecular weight is 801 g/mol. The maximum Gasteiger partial charge on any atom is 0.245 e. The van der Waals surface area contributed by atoms with Gasteiger partial charge in [0, 0.05) is 12.6 Å². The summed E-state index contributed by atoms with van der Waals surface area (Å²) in [4.78, 5) is 54.0. The summed E-state index contributed by atoms with van der Waals surface area (Å²) in [5, 5.41) is 0. The van der Waals surface area contributed by atoms with Gasteiger partial charge in [0.1, 0.15) is 23.7 Å². The fourth-order valence-corrected chi connectivity index (χ4v) is 10.0. The van der Waals surface area contributed by atoms with E-state index in [2.05, 4.69) is 99.2 Å². The van der Waals surface area contributed by atoms with Crippen LogP contribution >= 0.6 is 0 Å². The maximum atomic E-state index is 14.5. The van der Waals surface area contributed by atoms with Crippen molar-refractivity contribution in [3.8, 4) is 33.6 Å². The van der Waals surface area contributed by atoms with Crippen molar-refractivity contribution >= 4 is 11.8 Å². The number of nitrogens with one attached hydrogen (secondary N) is 2. The van der Waals surface area contributed by atoms with Gasteiger partial charge in [-0.3, -0.25) is 19.4 Å². The highest BCUT2D eigenvalue weighted by Gasteiger charge is 2.51. The van der Waals surface area contributed by atoms with Crippen molar-refractivity contribution in [2.45, 2.75) is 76.2 Å². The molecule has 2 aromatic heterocycles. The fraction of sp³-hybridized carbons (Fsp3) is 0.360. The molecule has 2 saturated heterocycles. The molecular weight excluding hydrogens is 745 g/mol. The lowest BCUT2D eigenvalue weighted by molar-refractivity contribution is -0.141. The molecule has 10 heteroatoms. The summed E-state index contributed by atoms with van der Waals surface area (Å²) in [6.45, 7) is 6.48. The second-order valence-electron chi connectivity index (χ2n) is 16.9. The van der Waals surface area contributed by atoms with Gasteiger partial charge in [0.2, 0.25) is 11.8 Å². The summed E-state index contributed by atoms with van der Waals surface area (Å²) < 4.78 is 0. The zero-order valence-electron chi connectivity index (χ0n) is 35.2. The number of likely N-dealkylation sites (N-methyl/N-ethyl adjacent to an activating group) is 2. The molecule has 60 heavy (non-hydrogen) atoms. The molecule has 2 N–H and O–H groups in total. The predicted molar refractivity (Wildman–Crippen MR) is 236 cm³/mol.